The zero-order chi connectivity index (χ0) is 15.9. The Morgan fingerprint density at radius 1 is 0.957 bits per heavy atom. The van der Waals surface area contributed by atoms with Crippen molar-refractivity contribution in [1.29, 1.82) is 0 Å². The molecule has 1 saturated heterocycles. The minimum absolute atomic E-state index is 0.153. The van der Waals surface area contributed by atoms with Gasteiger partial charge in [-0.1, -0.05) is 6.92 Å². The summed E-state index contributed by atoms with van der Waals surface area (Å²) in [6.45, 7) is 7.51. The molecule has 4 saturated carbocycles. The van der Waals surface area contributed by atoms with Gasteiger partial charge in [-0.25, -0.2) is 4.39 Å². The molecule has 0 aromatic heterocycles. The maximum Gasteiger partial charge on any atom is 0.106 e. The van der Waals surface area contributed by atoms with E-state index in [4.69, 9.17) is 0 Å². The lowest BCUT2D eigenvalue weighted by Gasteiger charge is -2.57. The zero-order valence-electron chi connectivity index (χ0n) is 15.0. The second-order valence-electron chi connectivity index (χ2n) is 9.31. The van der Waals surface area contributed by atoms with Crippen LogP contribution in [0.2, 0.25) is 0 Å². The van der Waals surface area contributed by atoms with E-state index in [1.54, 1.807) is 0 Å². The van der Waals surface area contributed by atoms with Crippen LogP contribution in [0.25, 0.3) is 0 Å². The predicted octanol–water partition coefficient (Wildman–Crippen LogP) is 3.96. The van der Waals surface area contributed by atoms with Crippen LogP contribution in [0.4, 0.5) is 4.39 Å². The van der Waals surface area contributed by atoms with Crippen molar-refractivity contribution in [2.24, 2.45) is 23.2 Å². The number of nitrogens with zero attached hydrogens (tertiary/aromatic N) is 2. The fraction of sp³-hybridized carbons (Fsp3) is 1.00. The second-order valence-corrected chi connectivity index (χ2v) is 9.31. The Morgan fingerprint density at radius 2 is 1.61 bits per heavy atom. The van der Waals surface area contributed by atoms with Gasteiger partial charge in [0.1, 0.15) is 6.67 Å². The molecule has 4 aliphatic carbocycles. The van der Waals surface area contributed by atoms with E-state index >= 15 is 0 Å². The summed E-state index contributed by atoms with van der Waals surface area (Å²) in [5.74, 6) is 3.17. The quantitative estimate of drug-likeness (QED) is 0.730. The van der Waals surface area contributed by atoms with Crippen molar-refractivity contribution in [2.75, 3.05) is 39.4 Å². The van der Waals surface area contributed by atoms with E-state index < -0.39 is 0 Å². The smallest absolute Gasteiger partial charge is 0.106 e. The van der Waals surface area contributed by atoms with Crippen molar-refractivity contribution in [3.8, 4) is 0 Å². The second kappa shape index (κ2) is 6.63. The Hall–Kier alpha value is -0.150. The summed E-state index contributed by atoms with van der Waals surface area (Å²) in [5.41, 5.74) is 0.681. The minimum atomic E-state index is -0.173. The average Bonchev–Trinajstić information content (AvgIpc) is 2.53. The fourth-order valence-electron chi connectivity index (χ4n) is 6.88. The van der Waals surface area contributed by atoms with E-state index in [-0.39, 0.29) is 12.7 Å². The fourth-order valence-corrected chi connectivity index (χ4v) is 6.88. The number of alkyl halides is 1. The van der Waals surface area contributed by atoms with Crippen LogP contribution in [0.3, 0.4) is 0 Å². The molecule has 0 aromatic rings. The van der Waals surface area contributed by atoms with Crippen LogP contribution in [-0.4, -0.2) is 55.2 Å². The zero-order valence-corrected chi connectivity index (χ0v) is 15.0. The minimum Gasteiger partial charge on any atom is -0.300 e. The highest BCUT2D eigenvalue weighted by molar-refractivity contribution is 5.01. The number of hydrogen-bond acceptors (Lipinski definition) is 2. The predicted molar refractivity (Wildman–Crippen MR) is 93.3 cm³/mol. The molecule has 0 amide bonds. The Morgan fingerprint density at radius 3 is 2.17 bits per heavy atom. The summed E-state index contributed by atoms with van der Waals surface area (Å²) in [5, 5.41) is 0. The first-order chi connectivity index (χ1) is 11.2. The van der Waals surface area contributed by atoms with Gasteiger partial charge in [0.15, 0.2) is 0 Å². The number of piperazine rings is 1. The van der Waals surface area contributed by atoms with E-state index in [1.165, 1.54) is 51.5 Å². The van der Waals surface area contributed by atoms with Gasteiger partial charge in [-0.15, -0.1) is 0 Å². The highest BCUT2D eigenvalue weighted by Crippen LogP contribution is 2.61. The lowest BCUT2D eigenvalue weighted by atomic mass is 9.49. The molecule has 2 nitrogen and oxygen atoms in total. The topological polar surface area (TPSA) is 6.48 Å². The van der Waals surface area contributed by atoms with Gasteiger partial charge in [-0.3, -0.25) is 4.90 Å². The number of rotatable bonds is 6. The van der Waals surface area contributed by atoms with E-state index in [1.807, 2.05) is 0 Å². The summed E-state index contributed by atoms with van der Waals surface area (Å²) in [4.78, 5) is 4.95. The summed E-state index contributed by atoms with van der Waals surface area (Å²) < 4.78 is 13.4. The van der Waals surface area contributed by atoms with Crippen molar-refractivity contribution in [1.82, 2.24) is 9.80 Å². The molecule has 1 aliphatic heterocycles. The van der Waals surface area contributed by atoms with E-state index in [2.05, 4.69) is 16.7 Å². The van der Waals surface area contributed by atoms with Crippen molar-refractivity contribution in [2.45, 2.75) is 64.3 Å². The molecule has 3 heteroatoms. The van der Waals surface area contributed by atoms with Gasteiger partial charge < -0.3 is 4.90 Å². The summed E-state index contributed by atoms with van der Waals surface area (Å²) in [7, 11) is 0. The molecular formula is C20H35FN2. The van der Waals surface area contributed by atoms with Crippen LogP contribution >= 0.6 is 0 Å². The molecule has 0 aromatic carbocycles. The first-order valence-electron chi connectivity index (χ1n) is 10.2. The molecule has 5 rings (SSSR count). The molecule has 5 aliphatic rings. The molecule has 1 atom stereocenters. The largest absolute Gasteiger partial charge is 0.300 e. The van der Waals surface area contributed by atoms with Crippen LogP contribution in [0.15, 0.2) is 0 Å². The lowest BCUT2D eigenvalue weighted by molar-refractivity contribution is -0.0637. The van der Waals surface area contributed by atoms with Gasteiger partial charge in [0.25, 0.3) is 0 Å². The van der Waals surface area contributed by atoms with Crippen molar-refractivity contribution in [3.05, 3.63) is 0 Å². The van der Waals surface area contributed by atoms with Crippen molar-refractivity contribution >= 4 is 0 Å². The Bertz CT molecular complexity index is 375. The van der Waals surface area contributed by atoms with E-state index in [0.717, 1.165) is 50.4 Å². The van der Waals surface area contributed by atoms with Gasteiger partial charge in [0.05, 0.1) is 6.04 Å². The van der Waals surface area contributed by atoms with Crippen LogP contribution in [0.1, 0.15) is 58.3 Å². The van der Waals surface area contributed by atoms with Gasteiger partial charge in [0, 0.05) is 19.6 Å². The molecule has 1 unspecified atom stereocenters. The molecule has 0 spiro atoms. The Labute approximate surface area is 141 Å². The molecule has 4 bridgehead atoms. The Kier molecular flexibility index (Phi) is 4.71. The highest BCUT2D eigenvalue weighted by atomic mass is 19.1. The van der Waals surface area contributed by atoms with E-state index in [0.29, 0.717) is 5.41 Å². The third kappa shape index (κ3) is 3.33. The van der Waals surface area contributed by atoms with Crippen LogP contribution in [0, 0.1) is 23.2 Å². The van der Waals surface area contributed by atoms with Gasteiger partial charge in [-0.2, -0.15) is 0 Å². The SMILES string of the molecule is CCCN1CCN(CCC23CC4CC(CC(C4)C2)C3)CC1CF. The molecular weight excluding hydrogens is 287 g/mol. The van der Waals surface area contributed by atoms with Gasteiger partial charge >= 0.3 is 0 Å². The van der Waals surface area contributed by atoms with Gasteiger partial charge in [-0.05, 0) is 87.6 Å². The molecule has 1 heterocycles. The highest BCUT2D eigenvalue weighted by Gasteiger charge is 2.50. The standard InChI is InChI=1S/C20H35FN2/c1-2-4-23-7-6-22(15-19(23)14-21)5-3-20-11-16-8-17(12-20)10-18(9-16)13-20/h16-19H,2-15H2,1H3. The van der Waals surface area contributed by atoms with Gasteiger partial charge in [0.2, 0.25) is 0 Å². The van der Waals surface area contributed by atoms with Crippen LogP contribution in [-0.2, 0) is 0 Å². The van der Waals surface area contributed by atoms with Crippen molar-refractivity contribution in [3.63, 3.8) is 0 Å². The summed E-state index contributed by atoms with van der Waals surface area (Å²) in [6, 6.07) is 0.153. The number of hydrogen-bond donors (Lipinski definition) is 0. The monoisotopic (exact) mass is 322 g/mol. The first kappa shape index (κ1) is 16.3. The molecule has 132 valence electrons. The molecule has 5 fully saturated rings. The lowest BCUT2D eigenvalue weighted by Crippen LogP contribution is -2.55. The maximum atomic E-state index is 13.4. The first-order valence-corrected chi connectivity index (χ1v) is 10.2. The molecule has 0 N–H and O–H groups in total. The third-order valence-corrected chi connectivity index (χ3v) is 7.50. The third-order valence-electron chi connectivity index (χ3n) is 7.50. The molecule has 0 radical (unpaired) electrons. The normalized spacial score (nSPS) is 44.1. The summed E-state index contributed by atoms with van der Waals surface area (Å²) >= 11 is 0. The Balaban J connectivity index is 1.31. The maximum absolute atomic E-state index is 13.4. The van der Waals surface area contributed by atoms with Crippen molar-refractivity contribution < 1.29 is 4.39 Å². The average molecular weight is 323 g/mol. The number of halogens is 1. The van der Waals surface area contributed by atoms with Crippen LogP contribution in [0.5, 0.6) is 0 Å². The molecule has 23 heavy (non-hydrogen) atoms. The summed E-state index contributed by atoms with van der Waals surface area (Å²) in [6.07, 6.45) is 11.7. The van der Waals surface area contributed by atoms with Crippen LogP contribution < -0.4 is 0 Å². The van der Waals surface area contributed by atoms with E-state index in [9.17, 15) is 4.39 Å².